The fourth-order valence-corrected chi connectivity index (χ4v) is 3.88. The van der Waals surface area contributed by atoms with Gasteiger partial charge in [-0.1, -0.05) is 66.7 Å². The van der Waals surface area contributed by atoms with Crippen LogP contribution < -0.4 is 0 Å². The lowest BCUT2D eigenvalue weighted by molar-refractivity contribution is -0.125. The second-order valence-corrected chi connectivity index (χ2v) is 7.94. The van der Waals surface area contributed by atoms with Gasteiger partial charge in [0.05, 0.1) is 18.9 Å². The number of benzene rings is 2. The summed E-state index contributed by atoms with van der Waals surface area (Å²) in [6.45, 7) is 1.37. The molecule has 0 spiro atoms. The van der Waals surface area contributed by atoms with Gasteiger partial charge in [0.15, 0.2) is 11.9 Å². The second-order valence-electron chi connectivity index (χ2n) is 6.32. The SMILES string of the molecule is CC(=O)C(OP(=O)(OCc1ccccc1)OCc1ccccc1)c1ccccn1. The molecule has 0 aliphatic rings. The minimum Gasteiger partial charge on any atom is -0.297 e. The highest BCUT2D eigenvalue weighted by molar-refractivity contribution is 7.48. The largest absolute Gasteiger partial charge is 0.476 e. The number of phosphoric acid groups is 1. The third-order valence-corrected chi connectivity index (χ3v) is 5.38. The number of nitrogens with zero attached hydrogens (tertiary/aromatic N) is 1. The first-order chi connectivity index (χ1) is 14.1. The van der Waals surface area contributed by atoms with Crippen molar-refractivity contribution in [3.63, 3.8) is 0 Å². The van der Waals surface area contributed by atoms with E-state index in [-0.39, 0.29) is 19.0 Å². The van der Waals surface area contributed by atoms with Crippen molar-refractivity contribution in [3.05, 3.63) is 102 Å². The molecule has 0 aliphatic carbocycles. The monoisotopic (exact) mass is 411 g/mol. The van der Waals surface area contributed by atoms with E-state index in [4.69, 9.17) is 13.6 Å². The van der Waals surface area contributed by atoms with E-state index in [0.29, 0.717) is 5.69 Å². The highest BCUT2D eigenvalue weighted by Crippen LogP contribution is 2.54. The Morgan fingerprint density at radius 2 is 1.38 bits per heavy atom. The molecule has 3 rings (SSSR count). The zero-order chi connectivity index (χ0) is 20.5. The van der Waals surface area contributed by atoms with Gasteiger partial charge in [-0.2, -0.15) is 0 Å². The van der Waals surface area contributed by atoms with E-state index in [9.17, 15) is 9.36 Å². The number of phosphoric ester groups is 1. The summed E-state index contributed by atoms with van der Waals surface area (Å²) in [6, 6.07) is 23.6. The fraction of sp³-hybridized carbons (Fsp3) is 0.182. The number of rotatable bonds is 10. The van der Waals surface area contributed by atoms with E-state index >= 15 is 0 Å². The predicted octanol–water partition coefficient (Wildman–Crippen LogP) is 5.27. The minimum absolute atomic E-state index is 0.0136. The molecular weight excluding hydrogens is 389 g/mol. The topological polar surface area (TPSA) is 74.7 Å². The number of hydrogen-bond donors (Lipinski definition) is 0. The molecule has 0 amide bonds. The van der Waals surface area contributed by atoms with Gasteiger partial charge in [-0.3, -0.25) is 23.3 Å². The first-order valence-corrected chi connectivity index (χ1v) is 10.6. The highest BCUT2D eigenvalue weighted by Gasteiger charge is 2.34. The van der Waals surface area contributed by atoms with Crippen molar-refractivity contribution < 1.29 is 22.9 Å². The molecule has 1 atom stereocenters. The highest BCUT2D eigenvalue weighted by atomic mass is 31.2. The summed E-state index contributed by atoms with van der Waals surface area (Å²) in [4.78, 5) is 16.3. The molecule has 2 aromatic carbocycles. The second kappa shape index (κ2) is 10.2. The van der Waals surface area contributed by atoms with Crippen LogP contribution in [0.2, 0.25) is 0 Å². The van der Waals surface area contributed by atoms with Crippen LogP contribution in [0.5, 0.6) is 0 Å². The Morgan fingerprint density at radius 1 is 0.862 bits per heavy atom. The Bertz CT molecular complexity index is 903. The van der Waals surface area contributed by atoms with Crippen molar-refractivity contribution in [2.75, 3.05) is 0 Å². The first-order valence-electron chi connectivity index (χ1n) is 9.12. The zero-order valence-corrected chi connectivity index (χ0v) is 16.9. The van der Waals surface area contributed by atoms with Gasteiger partial charge in [-0.05, 0) is 30.2 Å². The maximum Gasteiger partial charge on any atom is 0.476 e. The van der Waals surface area contributed by atoms with Gasteiger partial charge in [0.25, 0.3) is 0 Å². The van der Waals surface area contributed by atoms with Gasteiger partial charge in [0.2, 0.25) is 0 Å². The molecular formula is C22H22NO5P. The molecule has 1 unspecified atom stereocenters. The number of ketones is 1. The average molecular weight is 411 g/mol. The molecule has 0 N–H and O–H groups in total. The van der Waals surface area contributed by atoms with Crippen molar-refractivity contribution in [1.82, 2.24) is 4.98 Å². The number of pyridine rings is 1. The van der Waals surface area contributed by atoms with Crippen molar-refractivity contribution in [2.45, 2.75) is 26.2 Å². The lowest BCUT2D eigenvalue weighted by atomic mass is 10.2. The summed E-state index contributed by atoms with van der Waals surface area (Å²) in [6.07, 6.45) is 0.378. The Hall–Kier alpha value is -2.63. The molecule has 0 fully saturated rings. The summed E-state index contributed by atoms with van der Waals surface area (Å²) in [5.74, 6) is -0.351. The zero-order valence-electron chi connectivity index (χ0n) is 16.0. The van der Waals surface area contributed by atoms with Crippen molar-refractivity contribution >= 4 is 13.6 Å². The van der Waals surface area contributed by atoms with Gasteiger partial charge in [0.1, 0.15) is 0 Å². The molecule has 0 bridgehead atoms. The van der Waals surface area contributed by atoms with E-state index in [2.05, 4.69) is 4.98 Å². The molecule has 1 heterocycles. The molecule has 6 nitrogen and oxygen atoms in total. The van der Waals surface area contributed by atoms with Crippen molar-refractivity contribution in [2.24, 2.45) is 0 Å². The van der Waals surface area contributed by atoms with Crippen LogP contribution in [0.15, 0.2) is 85.1 Å². The lowest BCUT2D eigenvalue weighted by Gasteiger charge is -2.22. The molecule has 3 aromatic rings. The van der Waals surface area contributed by atoms with Crippen LogP contribution in [0, 0.1) is 0 Å². The van der Waals surface area contributed by atoms with Crippen LogP contribution in [-0.4, -0.2) is 10.8 Å². The number of aromatic nitrogens is 1. The van der Waals surface area contributed by atoms with Crippen LogP contribution in [0.3, 0.4) is 0 Å². The number of carbonyl (C=O) groups excluding carboxylic acids is 1. The van der Waals surface area contributed by atoms with Gasteiger partial charge in [0, 0.05) is 6.20 Å². The van der Waals surface area contributed by atoms with Crippen LogP contribution in [-0.2, 0) is 36.1 Å². The molecule has 0 saturated heterocycles. The van der Waals surface area contributed by atoms with Crippen LogP contribution >= 0.6 is 7.82 Å². The van der Waals surface area contributed by atoms with Gasteiger partial charge in [-0.25, -0.2) is 4.57 Å². The van der Waals surface area contributed by atoms with E-state index in [0.717, 1.165) is 11.1 Å². The quantitative estimate of drug-likeness (QED) is 0.423. The Labute approximate surface area is 170 Å². The summed E-state index contributed by atoms with van der Waals surface area (Å²) in [5, 5.41) is 0. The molecule has 0 radical (unpaired) electrons. The molecule has 29 heavy (non-hydrogen) atoms. The lowest BCUT2D eigenvalue weighted by Crippen LogP contribution is -2.15. The van der Waals surface area contributed by atoms with E-state index < -0.39 is 13.9 Å². The Kier molecular flexibility index (Phi) is 7.44. The third-order valence-electron chi connectivity index (χ3n) is 4.02. The van der Waals surface area contributed by atoms with Crippen LogP contribution in [0.1, 0.15) is 29.8 Å². The predicted molar refractivity (Wildman–Crippen MR) is 109 cm³/mol. The molecule has 7 heteroatoms. The maximum absolute atomic E-state index is 13.4. The fourth-order valence-electron chi connectivity index (χ4n) is 2.55. The summed E-state index contributed by atoms with van der Waals surface area (Å²) < 4.78 is 30.2. The molecule has 1 aromatic heterocycles. The number of Topliss-reactive ketones (excluding diaryl/α,β-unsaturated/α-hetero) is 1. The van der Waals surface area contributed by atoms with Gasteiger partial charge in [-0.15, -0.1) is 0 Å². The first kappa shape index (κ1) is 21.1. The average Bonchev–Trinajstić information content (AvgIpc) is 2.77. The minimum atomic E-state index is -4.09. The number of carbonyl (C=O) groups is 1. The summed E-state index contributed by atoms with van der Waals surface area (Å²) >= 11 is 0. The standard InChI is InChI=1S/C22H22NO5P/c1-18(24)22(21-14-8-9-15-23-21)28-29(25,26-16-19-10-4-2-5-11-19)27-17-20-12-6-3-7-13-20/h2-15,22H,16-17H2,1H3. The summed E-state index contributed by atoms with van der Waals surface area (Å²) in [5.41, 5.74) is 1.94. The van der Waals surface area contributed by atoms with Crippen LogP contribution in [0.25, 0.3) is 0 Å². The van der Waals surface area contributed by atoms with E-state index in [1.165, 1.54) is 13.1 Å². The molecule has 150 valence electrons. The smallest absolute Gasteiger partial charge is 0.297 e. The number of hydrogen-bond acceptors (Lipinski definition) is 6. The molecule has 0 aliphatic heterocycles. The van der Waals surface area contributed by atoms with Crippen molar-refractivity contribution in [3.8, 4) is 0 Å². The third kappa shape index (κ3) is 6.44. The van der Waals surface area contributed by atoms with E-state index in [1.807, 2.05) is 60.7 Å². The van der Waals surface area contributed by atoms with E-state index in [1.54, 1.807) is 18.2 Å². The Morgan fingerprint density at radius 3 is 1.83 bits per heavy atom. The van der Waals surface area contributed by atoms with Gasteiger partial charge < -0.3 is 0 Å². The summed E-state index contributed by atoms with van der Waals surface area (Å²) in [7, 11) is -4.09. The maximum atomic E-state index is 13.4. The van der Waals surface area contributed by atoms with Crippen molar-refractivity contribution in [1.29, 1.82) is 0 Å². The van der Waals surface area contributed by atoms with Crippen LogP contribution in [0.4, 0.5) is 0 Å². The normalized spacial score (nSPS) is 12.4. The Balaban J connectivity index is 1.80. The molecule has 0 saturated carbocycles. The van der Waals surface area contributed by atoms with Gasteiger partial charge >= 0.3 is 7.82 Å².